The van der Waals surface area contributed by atoms with Crippen LogP contribution >= 0.6 is 0 Å². The summed E-state index contributed by atoms with van der Waals surface area (Å²) in [4.78, 5) is 62.3. The molecule has 2 heterocycles. The van der Waals surface area contributed by atoms with Crippen molar-refractivity contribution in [3.63, 3.8) is 0 Å². The van der Waals surface area contributed by atoms with Crippen molar-refractivity contribution in [1.29, 1.82) is 0 Å². The van der Waals surface area contributed by atoms with Gasteiger partial charge in [0.15, 0.2) is 0 Å². The zero-order chi connectivity index (χ0) is 28.6. The minimum Gasteiger partial charge on any atom is -0.478 e. The number of carboxylic acids is 1. The molecule has 0 bridgehead atoms. The van der Waals surface area contributed by atoms with Gasteiger partial charge in [-0.3, -0.25) is 19.7 Å². The number of hydrogen-bond donors (Lipinski definition) is 4. The zero-order valence-corrected chi connectivity index (χ0v) is 22.0. The van der Waals surface area contributed by atoms with Crippen molar-refractivity contribution in [2.24, 2.45) is 0 Å². The first-order chi connectivity index (χ1) is 19.0. The van der Waals surface area contributed by atoms with Crippen molar-refractivity contribution in [3.05, 3.63) is 89.0 Å². The van der Waals surface area contributed by atoms with Gasteiger partial charge < -0.3 is 20.6 Å². The molecule has 4 N–H and O–H groups in total. The van der Waals surface area contributed by atoms with Gasteiger partial charge in [-0.05, 0) is 72.9 Å². The smallest absolute Gasteiger partial charge is 0.335 e. The molecule has 5 amide bonds. The van der Waals surface area contributed by atoms with Crippen LogP contribution in [-0.2, 0) is 21.7 Å². The summed E-state index contributed by atoms with van der Waals surface area (Å²) in [5.74, 6) is -2.08. The molecule has 1 saturated heterocycles. The van der Waals surface area contributed by atoms with Gasteiger partial charge in [-0.15, -0.1) is 0 Å². The van der Waals surface area contributed by atoms with E-state index >= 15 is 0 Å². The van der Waals surface area contributed by atoms with Crippen LogP contribution in [-0.4, -0.2) is 45.8 Å². The van der Waals surface area contributed by atoms with Crippen LogP contribution < -0.4 is 16.0 Å². The third-order valence-electron chi connectivity index (χ3n) is 7.26. The molecule has 2 aliphatic heterocycles. The van der Waals surface area contributed by atoms with Gasteiger partial charge >= 0.3 is 12.0 Å². The third kappa shape index (κ3) is 5.28. The van der Waals surface area contributed by atoms with E-state index in [2.05, 4.69) is 16.0 Å². The van der Waals surface area contributed by atoms with Crippen LogP contribution in [0.25, 0.3) is 11.1 Å². The standard InChI is InChI=1S/C30H28N4O6/c1-30(2,21-8-6-17(7-9-21)18-4-3-5-19(14-18)28(38)39)33-29(40)31-22-10-11-23-20(15-22)16-34(27(23)37)24-12-13-25(35)32-26(24)36/h3-11,14-15,24H,12-13,16H2,1-2H3,(H,38,39)(H2,31,33,40)(H,32,35,36). The van der Waals surface area contributed by atoms with E-state index in [0.29, 0.717) is 16.8 Å². The fourth-order valence-corrected chi connectivity index (χ4v) is 5.08. The Balaban J connectivity index is 1.24. The quantitative estimate of drug-likeness (QED) is 0.349. The molecule has 3 aromatic carbocycles. The number of aromatic carboxylic acids is 1. The Morgan fingerprint density at radius 1 is 0.975 bits per heavy atom. The molecule has 5 rings (SSSR count). The van der Waals surface area contributed by atoms with Crippen molar-refractivity contribution >= 4 is 35.4 Å². The Morgan fingerprint density at radius 3 is 2.42 bits per heavy atom. The van der Waals surface area contributed by atoms with Crippen LogP contribution in [0.2, 0.25) is 0 Å². The molecule has 1 atom stereocenters. The molecule has 0 saturated carbocycles. The lowest BCUT2D eigenvalue weighted by Crippen LogP contribution is -2.52. The minimum absolute atomic E-state index is 0.180. The van der Waals surface area contributed by atoms with E-state index in [1.807, 2.05) is 44.2 Å². The van der Waals surface area contributed by atoms with Gasteiger partial charge in [0.1, 0.15) is 6.04 Å². The number of nitrogens with one attached hydrogen (secondary N) is 3. The molecule has 0 aliphatic carbocycles. The second kappa shape index (κ2) is 10.3. The highest BCUT2D eigenvalue weighted by atomic mass is 16.4. The Morgan fingerprint density at radius 2 is 1.73 bits per heavy atom. The highest BCUT2D eigenvalue weighted by Crippen LogP contribution is 2.30. The summed E-state index contributed by atoms with van der Waals surface area (Å²) in [5, 5.41) is 17.3. The van der Waals surface area contributed by atoms with Gasteiger partial charge in [-0.1, -0.05) is 36.4 Å². The lowest BCUT2D eigenvalue weighted by atomic mass is 9.92. The highest BCUT2D eigenvalue weighted by Gasteiger charge is 2.39. The third-order valence-corrected chi connectivity index (χ3v) is 7.26. The second-order valence-corrected chi connectivity index (χ2v) is 10.4. The maximum absolute atomic E-state index is 12.9. The lowest BCUT2D eigenvalue weighted by Gasteiger charge is -2.29. The van der Waals surface area contributed by atoms with Gasteiger partial charge in [-0.25, -0.2) is 9.59 Å². The number of piperidine rings is 1. The van der Waals surface area contributed by atoms with Gasteiger partial charge in [0.25, 0.3) is 5.91 Å². The minimum atomic E-state index is -0.989. The Labute approximate surface area is 230 Å². The topological polar surface area (TPSA) is 145 Å². The average molecular weight is 541 g/mol. The number of hydrogen-bond acceptors (Lipinski definition) is 5. The molecule has 3 aromatic rings. The number of amides is 5. The summed E-state index contributed by atoms with van der Waals surface area (Å²) in [6, 6.07) is 18.1. The first kappa shape index (κ1) is 26.6. The normalized spacial score (nSPS) is 16.8. The highest BCUT2D eigenvalue weighted by molar-refractivity contribution is 6.05. The van der Waals surface area contributed by atoms with Gasteiger partial charge in [-0.2, -0.15) is 0 Å². The van der Waals surface area contributed by atoms with E-state index < -0.39 is 29.5 Å². The molecule has 1 unspecified atom stereocenters. The number of carboxylic acid groups (broad SMARTS) is 1. The Bertz CT molecular complexity index is 1550. The lowest BCUT2D eigenvalue weighted by molar-refractivity contribution is -0.136. The maximum Gasteiger partial charge on any atom is 0.335 e. The number of benzene rings is 3. The number of anilines is 1. The number of carbonyl (C=O) groups is 5. The van der Waals surface area contributed by atoms with Crippen molar-refractivity contribution in [2.75, 3.05) is 5.32 Å². The summed E-state index contributed by atoms with van der Waals surface area (Å²) >= 11 is 0. The molecule has 2 aliphatic rings. The zero-order valence-electron chi connectivity index (χ0n) is 22.0. The Hall–Kier alpha value is -4.99. The molecule has 0 spiro atoms. The van der Waals surface area contributed by atoms with E-state index in [1.165, 1.54) is 4.90 Å². The number of imide groups is 1. The van der Waals surface area contributed by atoms with Crippen molar-refractivity contribution < 1.29 is 29.1 Å². The molecule has 40 heavy (non-hydrogen) atoms. The van der Waals surface area contributed by atoms with Crippen LogP contribution in [0.3, 0.4) is 0 Å². The number of nitrogens with zero attached hydrogens (tertiary/aromatic N) is 1. The number of urea groups is 1. The molecular weight excluding hydrogens is 512 g/mol. The monoisotopic (exact) mass is 540 g/mol. The largest absolute Gasteiger partial charge is 0.478 e. The predicted octanol–water partition coefficient (Wildman–Crippen LogP) is 3.87. The summed E-state index contributed by atoms with van der Waals surface area (Å²) < 4.78 is 0. The molecule has 0 radical (unpaired) electrons. The predicted molar refractivity (Wildman–Crippen MR) is 147 cm³/mol. The fraction of sp³-hybridized carbons (Fsp3) is 0.233. The van der Waals surface area contributed by atoms with Crippen LogP contribution in [0.4, 0.5) is 10.5 Å². The van der Waals surface area contributed by atoms with Crippen LogP contribution in [0.15, 0.2) is 66.7 Å². The van der Waals surface area contributed by atoms with Crippen LogP contribution in [0.1, 0.15) is 58.5 Å². The van der Waals surface area contributed by atoms with Crippen molar-refractivity contribution in [3.8, 4) is 11.1 Å². The van der Waals surface area contributed by atoms with E-state index in [9.17, 15) is 29.1 Å². The van der Waals surface area contributed by atoms with E-state index in [4.69, 9.17) is 0 Å². The maximum atomic E-state index is 12.9. The number of fused-ring (bicyclic) bond motifs is 1. The fourth-order valence-electron chi connectivity index (χ4n) is 5.08. The summed E-state index contributed by atoms with van der Waals surface area (Å²) in [7, 11) is 0. The van der Waals surface area contributed by atoms with E-state index in [-0.39, 0.29) is 36.8 Å². The van der Waals surface area contributed by atoms with Gasteiger partial charge in [0, 0.05) is 24.2 Å². The molecule has 10 nitrogen and oxygen atoms in total. The van der Waals surface area contributed by atoms with Gasteiger partial charge in [0.05, 0.1) is 11.1 Å². The van der Waals surface area contributed by atoms with Gasteiger partial charge in [0.2, 0.25) is 11.8 Å². The van der Waals surface area contributed by atoms with Crippen LogP contribution in [0.5, 0.6) is 0 Å². The van der Waals surface area contributed by atoms with E-state index in [0.717, 1.165) is 16.7 Å². The second-order valence-electron chi connectivity index (χ2n) is 10.4. The van der Waals surface area contributed by atoms with Crippen molar-refractivity contribution in [1.82, 2.24) is 15.5 Å². The summed E-state index contributed by atoms with van der Waals surface area (Å²) in [6.45, 7) is 3.95. The first-order valence-corrected chi connectivity index (χ1v) is 12.8. The Kier molecular flexibility index (Phi) is 6.85. The molecular formula is C30H28N4O6. The van der Waals surface area contributed by atoms with Crippen LogP contribution in [0, 0.1) is 0 Å². The van der Waals surface area contributed by atoms with Crippen molar-refractivity contribution in [2.45, 2.75) is 44.8 Å². The number of rotatable bonds is 6. The average Bonchev–Trinajstić information content (AvgIpc) is 3.23. The summed E-state index contributed by atoms with van der Waals surface area (Å²) in [5.41, 5.74) is 3.60. The molecule has 10 heteroatoms. The summed E-state index contributed by atoms with van der Waals surface area (Å²) in [6.07, 6.45) is 0.461. The van der Waals surface area contributed by atoms with E-state index in [1.54, 1.807) is 36.4 Å². The SMILES string of the molecule is CC(C)(NC(=O)Nc1ccc2c(c1)CN(C1CCC(=O)NC1=O)C2=O)c1ccc(-c2cccc(C(=O)O)c2)cc1. The molecule has 1 fully saturated rings. The first-order valence-electron chi connectivity index (χ1n) is 12.8. The molecule has 204 valence electrons. The number of carbonyl (C=O) groups excluding carboxylic acids is 4. The molecule has 0 aromatic heterocycles.